The summed E-state index contributed by atoms with van der Waals surface area (Å²) >= 11 is 0. The number of nitrogens with zero attached hydrogens (tertiary/aromatic N) is 6. The Bertz CT molecular complexity index is 1250. The molecule has 3 aromatic heterocycles. The van der Waals surface area contributed by atoms with E-state index >= 15 is 0 Å². The number of benzene rings is 1. The Kier molecular flexibility index (Phi) is 4.17. The van der Waals surface area contributed by atoms with E-state index in [1.807, 2.05) is 47.3 Å². The van der Waals surface area contributed by atoms with Gasteiger partial charge < -0.3 is 29.4 Å². The Morgan fingerprint density at radius 1 is 1.19 bits per heavy atom. The number of imidazole rings is 1. The van der Waals surface area contributed by atoms with E-state index in [1.54, 1.807) is 10.8 Å². The van der Waals surface area contributed by atoms with Crippen molar-refractivity contribution < 1.29 is 14.6 Å². The van der Waals surface area contributed by atoms with E-state index in [0.717, 1.165) is 42.1 Å². The van der Waals surface area contributed by atoms with Crippen LogP contribution in [0.4, 0.5) is 17.6 Å². The van der Waals surface area contributed by atoms with Crippen LogP contribution in [-0.4, -0.2) is 55.2 Å². The second-order valence-electron chi connectivity index (χ2n) is 7.60. The highest BCUT2D eigenvalue weighted by Gasteiger charge is 2.27. The number of fused-ring (bicyclic) bond motifs is 2. The molecule has 0 aliphatic carbocycles. The summed E-state index contributed by atoms with van der Waals surface area (Å²) in [5.74, 6) is 3.38. The van der Waals surface area contributed by atoms with E-state index in [-0.39, 0.29) is 19.4 Å². The van der Waals surface area contributed by atoms with Crippen molar-refractivity contribution >= 4 is 23.1 Å². The smallest absolute Gasteiger partial charge is 0.245 e. The van der Waals surface area contributed by atoms with E-state index < -0.39 is 0 Å². The van der Waals surface area contributed by atoms with Gasteiger partial charge in [-0.05, 0) is 37.1 Å². The molecule has 158 valence electrons. The van der Waals surface area contributed by atoms with Crippen molar-refractivity contribution in [2.75, 3.05) is 30.2 Å². The van der Waals surface area contributed by atoms with Gasteiger partial charge in [0, 0.05) is 18.8 Å². The lowest BCUT2D eigenvalue weighted by Gasteiger charge is -2.23. The van der Waals surface area contributed by atoms with Crippen molar-refractivity contribution in [3.8, 4) is 17.2 Å². The third-order valence-electron chi connectivity index (χ3n) is 5.71. The molecule has 1 atom stereocenters. The standard InChI is InChI=1S/C21H21N7O3/c29-11-15-3-1-7-27(15)21-24-20(16-4-2-8-28(16)25-21)23-19-10-26(12-22-19)14-5-6-17-18(9-14)31-13-30-17/h2,4-6,8-10,12,15,29H,1,3,7,11,13H2,(H,23,24,25). The van der Waals surface area contributed by atoms with Gasteiger partial charge >= 0.3 is 0 Å². The highest BCUT2D eigenvalue weighted by molar-refractivity contribution is 5.73. The van der Waals surface area contributed by atoms with Crippen LogP contribution in [0.2, 0.25) is 0 Å². The molecular formula is C21H21N7O3. The summed E-state index contributed by atoms with van der Waals surface area (Å²) in [6.45, 7) is 1.17. The molecule has 10 nitrogen and oxygen atoms in total. The number of rotatable bonds is 5. The minimum atomic E-state index is 0.0473. The summed E-state index contributed by atoms with van der Waals surface area (Å²) in [5, 5.41) is 17.7. The fraction of sp³-hybridized carbons (Fsp3) is 0.286. The first-order chi connectivity index (χ1) is 15.3. The molecule has 10 heteroatoms. The van der Waals surface area contributed by atoms with Gasteiger partial charge in [-0.2, -0.15) is 4.98 Å². The second kappa shape index (κ2) is 7.17. The van der Waals surface area contributed by atoms with Crippen LogP contribution in [0.3, 0.4) is 0 Å². The number of ether oxygens (including phenoxy) is 2. The molecule has 2 N–H and O–H groups in total. The molecule has 0 radical (unpaired) electrons. The molecule has 1 saturated heterocycles. The fourth-order valence-corrected chi connectivity index (χ4v) is 4.12. The Labute approximate surface area is 177 Å². The van der Waals surface area contributed by atoms with Crippen molar-refractivity contribution in [1.82, 2.24) is 24.1 Å². The Morgan fingerprint density at radius 2 is 2.13 bits per heavy atom. The molecule has 1 fully saturated rings. The third kappa shape index (κ3) is 3.12. The maximum absolute atomic E-state index is 9.70. The van der Waals surface area contributed by atoms with Gasteiger partial charge in [-0.1, -0.05) is 0 Å². The molecule has 0 saturated carbocycles. The molecule has 0 bridgehead atoms. The lowest BCUT2D eigenvalue weighted by Crippen LogP contribution is -2.34. The van der Waals surface area contributed by atoms with Crippen molar-refractivity contribution in [3.05, 3.63) is 49.1 Å². The van der Waals surface area contributed by atoms with Crippen molar-refractivity contribution in [2.45, 2.75) is 18.9 Å². The van der Waals surface area contributed by atoms with E-state index in [1.165, 1.54) is 0 Å². The molecule has 1 unspecified atom stereocenters. The Morgan fingerprint density at radius 3 is 3.06 bits per heavy atom. The molecule has 5 heterocycles. The van der Waals surface area contributed by atoms with Crippen LogP contribution in [0.25, 0.3) is 11.2 Å². The van der Waals surface area contributed by atoms with Crippen molar-refractivity contribution in [1.29, 1.82) is 0 Å². The van der Waals surface area contributed by atoms with Crippen LogP contribution in [0, 0.1) is 0 Å². The van der Waals surface area contributed by atoms with E-state index in [9.17, 15) is 5.11 Å². The van der Waals surface area contributed by atoms with E-state index in [2.05, 4.69) is 20.3 Å². The van der Waals surface area contributed by atoms with E-state index in [4.69, 9.17) is 14.5 Å². The average molecular weight is 419 g/mol. The quantitative estimate of drug-likeness (QED) is 0.508. The predicted octanol–water partition coefficient (Wildman–Crippen LogP) is 2.35. The first-order valence-electron chi connectivity index (χ1n) is 10.2. The molecule has 4 aromatic rings. The SMILES string of the molecule is OCC1CCCN1c1nc(Nc2cn(-c3ccc4c(c3)OCO4)cn2)c2cccn2n1. The van der Waals surface area contributed by atoms with Crippen LogP contribution in [-0.2, 0) is 0 Å². The Hall–Kier alpha value is -3.79. The van der Waals surface area contributed by atoms with Crippen LogP contribution in [0.5, 0.6) is 11.5 Å². The largest absolute Gasteiger partial charge is 0.454 e. The van der Waals surface area contributed by atoms with Gasteiger partial charge in [-0.3, -0.25) is 0 Å². The summed E-state index contributed by atoms with van der Waals surface area (Å²) in [4.78, 5) is 11.3. The second-order valence-corrected chi connectivity index (χ2v) is 7.60. The summed E-state index contributed by atoms with van der Waals surface area (Å²) in [6.07, 6.45) is 7.47. The van der Waals surface area contributed by atoms with Gasteiger partial charge in [-0.15, -0.1) is 5.10 Å². The molecule has 2 aliphatic rings. The van der Waals surface area contributed by atoms with Crippen LogP contribution < -0.4 is 19.7 Å². The maximum atomic E-state index is 9.70. The summed E-state index contributed by atoms with van der Waals surface area (Å²) < 4.78 is 14.6. The van der Waals surface area contributed by atoms with Gasteiger partial charge in [0.25, 0.3) is 0 Å². The lowest BCUT2D eigenvalue weighted by molar-refractivity contribution is 0.174. The van der Waals surface area contributed by atoms with Gasteiger partial charge in [0.15, 0.2) is 17.3 Å². The zero-order valence-electron chi connectivity index (χ0n) is 16.7. The summed E-state index contributed by atoms with van der Waals surface area (Å²) in [5.41, 5.74) is 1.77. The number of hydrogen-bond acceptors (Lipinski definition) is 8. The number of anilines is 3. The molecule has 2 aliphatic heterocycles. The highest BCUT2D eigenvalue weighted by Crippen LogP contribution is 2.34. The molecule has 1 aromatic carbocycles. The zero-order chi connectivity index (χ0) is 20.8. The molecule has 6 rings (SSSR count). The number of aliphatic hydroxyl groups is 1. The zero-order valence-corrected chi connectivity index (χ0v) is 16.7. The van der Waals surface area contributed by atoms with Crippen molar-refractivity contribution in [3.63, 3.8) is 0 Å². The number of nitrogens with one attached hydrogen (secondary N) is 1. The number of hydrogen-bond donors (Lipinski definition) is 2. The maximum Gasteiger partial charge on any atom is 0.245 e. The normalized spacial score (nSPS) is 17.6. The van der Waals surface area contributed by atoms with Gasteiger partial charge in [-0.25, -0.2) is 9.50 Å². The minimum absolute atomic E-state index is 0.0473. The topological polar surface area (TPSA) is 102 Å². The van der Waals surface area contributed by atoms with Crippen molar-refractivity contribution in [2.24, 2.45) is 0 Å². The van der Waals surface area contributed by atoms with Gasteiger partial charge in [0.1, 0.15) is 17.7 Å². The molecular weight excluding hydrogens is 398 g/mol. The molecule has 0 spiro atoms. The van der Waals surface area contributed by atoms with Crippen LogP contribution in [0.15, 0.2) is 49.1 Å². The minimum Gasteiger partial charge on any atom is -0.454 e. The molecule has 0 amide bonds. The van der Waals surface area contributed by atoms with Gasteiger partial charge in [0.05, 0.1) is 24.5 Å². The summed E-state index contributed by atoms with van der Waals surface area (Å²) in [7, 11) is 0. The highest BCUT2D eigenvalue weighted by atomic mass is 16.7. The third-order valence-corrected chi connectivity index (χ3v) is 5.71. The van der Waals surface area contributed by atoms with Crippen LogP contribution >= 0.6 is 0 Å². The van der Waals surface area contributed by atoms with E-state index in [0.29, 0.717) is 17.6 Å². The average Bonchev–Trinajstić information content (AvgIpc) is 3.59. The summed E-state index contributed by atoms with van der Waals surface area (Å²) in [6, 6.07) is 9.69. The monoisotopic (exact) mass is 419 g/mol. The number of aromatic nitrogens is 5. The molecule has 31 heavy (non-hydrogen) atoms. The fourth-order valence-electron chi connectivity index (χ4n) is 4.12. The number of aliphatic hydroxyl groups excluding tert-OH is 1. The predicted molar refractivity (Wildman–Crippen MR) is 113 cm³/mol. The Balaban J connectivity index is 1.32. The van der Waals surface area contributed by atoms with Crippen LogP contribution in [0.1, 0.15) is 12.8 Å². The first-order valence-corrected chi connectivity index (χ1v) is 10.2. The van der Waals surface area contributed by atoms with Gasteiger partial charge in [0.2, 0.25) is 12.7 Å². The first kappa shape index (κ1) is 18.0. The lowest BCUT2D eigenvalue weighted by atomic mass is 10.2.